The standard InChI is InChI=1S/C25H24ClN3O2/c26-22-7-5-20(6-8-22)24(30)29-18-25(31-16-21-3-1-2-4-23(21)29)11-14-28(17-25)15-19-9-12-27-13-10-19/h1-10,12-13H,11,14-18H2. The van der Waals surface area contributed by atoms with E-state index in [1.165, 1.54) is 5.56 Å². The van der Waals surface area contributed by atoms with Gasteiger partial charge in [0.15, 0.2) is 0 Å². The third-order valence-corrected chi connectivity index (χ3v) is 6.40. The highest BCUT2D eigenvalue weighted by Crippen LogP contribution is 2.36. The van der Waals surface area contributed by atoms with Crippen LogP contribution < -0.4 is 4.90 Å². The Bertz CT molecular complexity index is 1070. The zero-order chi connectivity index (χ0) is 21.3. The van der Waals surface area contributed by atoms with E-state index in [2.05, 4.69) is 9.88 Å². The molecule has 2 aliphatic rings. The highest BCUT2D eigenvalue weighted by molar-refractivity contribution is 6.30. The van der Waals surface area contributed by atoms with E-state index in [0.29, 0.717) is 23.7 Å². The van der Waals surface area contributed by atoms with E-state index in [1.54, 1.807) is 24.3 Å². The van der Waals surface area contributed by atoms with Crippen molar-refractivity contribution in [2.24, 2.45) is 0 Å². The van der Waals surface area contributed by atoms with Gasteiger partial charge >= 0.3 is 0 Å². The van der Waals surface area contributed by atoms with E-state index in [0.717, 1.165) is 37.3 Å². The van der Waals surface area contributed by atoms with E-state index in [4.69, 9.17) is 16.3 Å². The zero-order valence-electron chi connectivity index (χ0n) is 17.2. The number of anilines is 1. The van der Waals surface area contributed by atoms with Crippen LogP contribution in [-0.4, -0.2) is 41.0 Å². The summed E-state index contributed by atoms with van der Waals surface area (Å²) in [4.78, 5) is 21.9. The number of carbonyl (C=O) groups is 1. The minimum atomic E-state index is -0.395. The number of halogens is 1. The van der Waals surface area contributed by atoms with Crippen molar-refractivity contribution in [2.75, 3.05) is 24.5 Å². The first-order valence-electron chi connectivity index (χ1n) is 10.5. The molecule has 0 radical (unpaired) electrons. The predicted molar refractivity (Wildman–Crippen MR) is 121 cm³/mol. The topological polar surface area (TPSA) is 45.7 Å². The summed E-state index contributed by atoms with van der Waals surface area (Å²) in [6, 6.07) is 19.2. The maximum Gasteiger partial charge on any atom is 0.258 e. The molecule has 0 N–H and O–H groups in total. The second kappa shape index (κ2) is 8.42. The van der Waals surface area contributed by atoms with Crippen molar-refractivity contribution in [3.63, 3.8) is 0 Å². The van der Waals surface area contributed by atoms with Crippen LogP contribution in [0.4, 0.5) is 5.69 Å². The van der Waals surface area contributed by atoms with Crippen molar-refractivity contribution in [1.29, 1.82) is 0 Å². The molecule has 1 unspecified atom stereocenters. The molecule has 0 bridgehead atoms. The molecule has 5 nitrogen and oxygen atoms in total. The van der Waals surface area contributed by atoms with Crippen molar-refractivity contribution in [3.8, 4) is 0 Å². The van der Waals surface area contributed by atoms with Gasteiger partial charge in [-0.1, -0.05) is 29.8 Å². The monoisotopic (exact) mass is 433 g/mol. The van der Waals surface area contributed by atoms with Crippen LogP contribution in [0.25, 0.3) is 0 Å². The van der Waals surface area contributed by atoms with Crippen molar-refractivity contribution >= 4 is 23.2 Å². The molecule has 2 aromatic carbocycles. The molecule has 1 spiro atoms. The van der Waals surface area contributed by atoms with Crippen molar-refractivity contribution in [2.45, 2.75) is 25.2 Å². The minimum Gasteiger partial charge on any atom is -0.367 e. The van der Waals surface area contributed by atoms with Crippen LogP contribution in [0.1, 0.15) is 27.9 Å². The second-order valence-electron chi connectivity index (χ2n) is 8.31. The van der Waals surface area contributed by atoms with E-state index in [-0.39, 0.29) is 5.91 Å². The van der Waals surface area contributed by atoms with E-state index in [1.807, 2.05) is 53.7 Å². The predicted octanol–water partition coefficient (Wildman–Crippen LogP) is 4.56. The second-order valence-corrected chi connectivity index (χ2v) is 8.75. The summed E-state index contributed by atoms with van der Waals surface area (Å²) in [6.07, 6.45) is 4.54. The van der Waals surface area contributed by atoms with Gasteiger partial charge in [-0.3, -0.25) is 14.7 Å². The highest BCUT2D eigenvalue weighted by atomic mass is 35.5. The third kappa shape index (κ3) is 4.22. The lowest BCUT2D eigenvalue weighted by Gasteiger charge is -2.33. The van der Waals surface area contributed by atoms with Crippen LogP contribution in [0.3, 0.4) is 0 Å². The number of benzene rings is 2. The molecule has 1 fully saturated rings. The van der Waals surface area contributed by atoms with Crippen LogP contribution >= 0.6 is 11.6 Å². The largest absolute Gasteiger partial charge is 0.367 e. The Labute approximate surface area is 187 Å². The molecule has 0 saturated carbocycles. The number of nitrogens with zero attached hydrogens (tertiary/aromatic N) is 3. The fourth-order valence-corrected chi connectivity index (χ4v) is 4.66. The van der Waals surface area contributed by atoms with Gasteiger partial charge in [-0.2, -0.15) is 0 Å². The van der Waals surface area contributed by atoms with Crippen molar-refractivity contribution < 1.29 is 9.53 Å². The molecule has 2 aliphatic heterocycles. The number of pyridine rings is 1. The van der Waals surface area contributed by atoms with Crippen molar-refractivity contribution in [1.82, 2.24) is 9.88 Å². The first-order valence-corrected chi connectivity index (χ1v) is 10.9. The number of amides is 1. The summed E-state index contributed by atoms with van der Waals surface area (Å²) in [5, 5.41) is 0.621. The van der Waals surface area contributed by atoms with Gasteiger partial charge in [-0.25, -0.2) is 0 Å². The smallest absolute Gasteiger partial charge is 0.258 e. The SMILES string of the molecule is O=C(c1ccc(Cl)cc1)N1CC2(CCN(Cc3ccncc3)C2)OCc2ccccc21. The Morgan fingerprint density at radius 2 is 1.81 bits per heavy atom. The Balaban J connectivity index is 1.42. The lowest BCUT2D eigenvalue weighted by Crippen LogP contribution is -2.48. The normalized spacial score (nSPS) is 21.1. The maximum absolute atomic E-state index is 13.5. The molecule has 0 aliphatic carbocycles. The number of ether oxygens (including phenoxy) is 1. The summed E-state index contributed by atoms with van der Waals surface area (Å²) < 4.78 is 6.51. The number of hydrogen-bond acceptors (Lipinski definition) is 4. The van der Waals surface area contributed by atoms with E-state index >= 15 is 0 Å². The minimum absolute atomic E-state index is 0.0263. The summed E-state index contributed by atoms with van der Waals surface area (Å²) in [7, 11) is 0. The van der Waals surface area contributed by atoms with E-state index < -0.39 is 5.60 Å². The Morgan fingerprint density at radius 3 is 2.61 bits per heavy atom. The van der Waals surface area contributed by atoms with Crippen LogP contribution in [-0.2, 0) is 17.9 Å². The number of para-hydroxylation sites is 1. The van der Waals surface area contributed by atoms with Crippen LogP contribution in [0.2, 0.25) is 5.02 Å². The van der Waals surface area contributed by atoms with Crippen LogP contribution in [0.5, 0.6) is 0 Å². The number of fused-ring (bicyclic) bond motifs is 1. The Morgan fingerprint density at radius 1 is 1.03 bits per heavy atom. The quantitative estimate of drug-likeness (QED) is 0.607. The average molecular weight is 434 g/mol. The lowest BCUT2D eigenvalue weighted by molar-refractivity contribution is -0.0388. The number of aromatic nitrogens is 1. The summed E-state index contributed by atoms with van der Waals surface area (Å²) in [5.41, 5.74) is 3.43. The summed E-state index contributed by atoms with van der Waals surface area (Å²) in [5.74, 6) is -0.0263. The average Bonchev–Trinajstić information content (AvgIpc) is 3.11. The third-order valence-electron chi connectivity index (χ3n) is 6.15. The first-order chi connectivity index (χ1) is 15.1. The van der Waals surface area contributed by atoms with Crippen molar-refractivity contribution in [3.05, 3.63) is 94.8 Å². The molecule has 6 heteroatoms. The number of carbonyl (C=O) groups excluding carboxylic acids is 1. The van der Waals surface area contributed by atoms with Gasteiger partial charge in [0.25, 0.3) is 5.91 Å². The molecule has 31 heavy (non-hydrogen) atoms. The van der Waals surface area contributed by atoms with Gasteiger partial charge in [0.05, 0.1) is 13.2 Å². The summed E-state index contributed by atoms with van der Waals surface area (Å²) >= 11 is 6.04. The molecular formula is C25H24ClN3O2. The molecular weight excluding hydrogens is 410 g/mol. The van der Waals surface area contributed by atoms with Gasteiger partial charge in [0, 0.05) is 53.9 Å². The van der Waals surface area contributed by atoms with Gasteiger partial charge in [-0.05, 0) is 54.4 Å². The maximum atomic E-state index is 13.5. The number of likely N-dealkylation sites (tertiary alicyclic amines) is 1. The molecule has 3 aromatic rings. The van der Waals surface area contributed by atoms with Gasteiger partial charge < -0.3 is 9.64 Å². The molecule has 1 amide bonds. The fraction of sp³-hybridized carbons (Fsp3) is 0.280. The number of rotatable bonds is 3. The summed E-state index contributed by atoms with van der Waals surface area (Å²) in [6.45, 7) is 3.60. The highest BCUT2D eigenvalue weighted by Gasteiger charge is 2.44. The Hall–Kier alpha value is -2.73. The van der Waals surface area contributed by atoms with E-state index in [9.17, 15) is 4.79 Å². The van der Waals surface area contributed by atoms with Gasteiger partial charge in [-0.15, -0.1) is 0 Å². The van der Waals surface area contributed by atoms with Gasteiger partial charge in [0.2, 0.25) is 0 Å². The first kappa shape index (κ1) is 20.2. The number of hydrogen-bond donors (Lipinski definition) is 0. The molecule has 158 valence electrons. The zero-order valence-corrected chi connectivity index (χ0v) is 18.0. The van der Waals surface area contributed by atoms with Crippen LogP contribution in [0, 0.1) is 0 Å². The van der Waals surface area contributed by atoms with Crippen LogP contribution in [0.15, 0.2) is 73.1 Å². The molecule has 1 atom stereocenters. The molecule has 1 saturated heterocycles. The lowest BCUT2D eigenvalue weighted by atomic mass is 10.0. The molecule has 1 aromatic heterocycles. The fourth-order valence-electron chi connectivity index (χ4n) is 4.53. The molecule has 5 rings (SSSR count). The van der Waals surface area contributed by atoms with Gasteiger partial charge in [0.1, 0.15) is 5.60 Å². The molecule has 3 heterocycles. The Kier molecular flexibility index (Phi) is 5.48.